The van der Waals surface area contributed by atoms with Gasteiger partial charge >= 0.3 is 0 Å². The quantitative estimate of drug-likeness (QED) is 0.883. The van der Waals surface area contributed by atoms with Gasteiger partial charge in [-0.1, -0.05) is 15.9 Å². The van der Waals surface area contributed by atoms with Crippen LogP contribution in [0.15, 0.2) is 22.7 Å². The number of rotatable bonds is 3. The molecule has 0 bridgehead atoms. The summed E-state index contributed by atoms with van der Waals surface area (Å²) < 4.78 is 34.4. The van der Waals surface area contributed by atoms with E-state index >= 15 is 0 Å². The van der Waals surface area contributed by atoms with Crippen molar-refractivity contribution >= 4 is 21.8 Å². The van der Waals surface area contributed by atoms with Crippen molar-refractivity contribution in [3.05, 3.63) is 28.2 Å². The fourth-order valence-electron chi connectivity index (χ4n) is 2.23. The zero-order chi connectivity index (χ0) is 16.3. The third-order valence-electron chi connectivity index (χ3n) is 3.18. The number of hydrogen-bond acceptors (Lipinski definition) is 4. The zero-order valence-electron chi connectivity index (χ0n) is 11.8. The molecule has 1 aliphatic heterocycles. The molecule has 1 amide bonds. The molecular weight excluding hydrogens is 360 g/mol. The summed E-state index contributed by atoms with van der Waals surface area (Å²) in [6.45, 7) is 0.885. The average molecular weight is 374 g/mol. The van der Waals surface area contributed by atoms with Gasteiger partial charge < -0.3 is 4.74 Å². The van der Waals surface area contributed by atoms with Crippen LogP contribution in [-0.4, -0.2) is 36.0 Å². The first-order valence-electron chi connectivity index (χ1n) is 6.58. The van der Waals surface area contributed by atoms with E-state index in [2.05, 4.69) is 21.4 Å². The maximum absolute atomic E-state index is 14.2. The lowest BCUT2D eigenvalue weighted by molar-refractivity contribution is -0.155. The minimum Gasteiger partial charge on any atom is -0.483 e. The van der Waals surface area contributed by atoms with Gasteiger partial charge in [0.25, 0.3) is 5.92 Å². The van der Waals surface area contributed by atoms with Crippen molar-refractivity contribution in [2.24, 2.45) is 0 Å². The lowest BCUT2D eigenvalue weighted by Crippen LogP contribution is -2.58. The highest BCUT2D eigenvalue weighted by Gasteiger charge is 2.47. The van der Waals surface area contributed by atoms with Crippen molar-refractivity contribution in [2.45, 2.75) is 25.4 Å². The average Bonchev–Trinajstić information content (AvgIpc) is 2.42. The maximum atomic E-state index is 14.2. The highest BCUT2D eigenvalue weighted by molar-refractivity contribution is 9.10. The van der Waals surface area contributed by atoms with E-state index in [1.165, 1.54) is 24.1 Å². The van der Waals surface area contributed by atoms with Gasteiger partial charge in [-0.25, -0.2) is 13.8 Å². The molecule has 1 aromatic carbocycles. The third-order valence-corrected chi connectivity index (χ3v) is 3.67. The second kappa shape index (κ2) is 6.58. The zero-order valence-corrected chi connectivity index (χ0v) is 13.4. The summed E-state index contributed by atoms with van der Waals surface area (Å²) in [4.78, 5) is 10.9. The fraction of sp³-hybridized carbons (Fsp3) is 0.429. The van der Waals surface area contributed by atoms with Gasteiger partial charge in [-0.05, 0) is 18.2 Å². The van der Waals surface area contributed by atoms with Gasteiger partial charge in [-0.2, -0.15) is 5.26 Å². The number of alkyl halides is 2. The van der Waals surface area contributed by atoms with E-state index in [0.29, 0.717) is 4.47 Å². The first-order chi connectivity index (χ1) is 10.3. The predicted octanol–water partition coefficient (Wildman–Crippen LogP) is 2.46. The molecule has 8 heteroatoms. The summed E-state index contributed by atoms with van der Waals surface area (Å²) in [5.74, 6) is -3.40. The third kappa shape index (κ3) is 3.93. The number of amides is 1. The summed E-state index contributed by atoms with van der Waals surface area (Å²) in [5, 5.41) is 10.2. The molecule has 0 saturated carbocycles. The Balaban J connectivity index is 2.11. The molecule has 1 aromatic rings. The first-order valence-corrected chi connectivity index (χ1v) is 7.37. The van der Waals surface area contributed by atoms with Crippen molar-refractivity contribution in [3.63, 3.8) is 0 Å². The molecule has 0 radical (unpaired) electrons. The molecule has 0 spiro atoms. The minimum atomic E-state index is -3.14. The van der Waals surface area contributed by atoms with Crippen molar-refractivity contribution in [1.82, 2.24) is 10.4 Å². The molecule has 1 atom stereocenters. The van der Waals surface area contributed by atoms with Crippen LogP contribution in [0.3, 0.4) is 0 Å². The summed E-state index contributed by atoms with van der Waals surface area (Å²) in [6.07, 6.45) is -1.31. The lowest BCUT2D eigenvalue weighted by Gasteiger charge is -2.37. The van der Waals surface area contributed by atoms with Gasteiger partial charge in [0.2, 0.25) is 5.91 Å². The number of benzene rings is 1. The Morgan fingerprint density at radius 2 is 2.32 bits per heavy atom. The van der Waals surface area contributed by atoms with E-state index in [1.54, 1.807) is 6.07 Å². The van der Waals surface area contributed by atoms with Crippen molar-refractivity contribution in [3.8, 4) is 11.8 Å². The molecule has 1 aliphatic rings. The molecule has 1 saturated heterocycles. The Bertz CT molecular complexity index is 619. The number of nitrogens with zero attached hydrogens (tertiary/aromatic N) is 2. The normalized spacial score (nSPS) is 21.0. The van der Waals surface area contributed by atoms with E-state index in [9.17, 15) is 13.6 Å². The Morgan fingerprint density at radius 1 is 1.59 bits per heavy atom. The number of carbonyl (C=O) groups is 1. The van der Waals surface area contributed by atoms with E-state index in [4.69, 9.17) is 10.00 Å². The number of carbonyl (C=O) groups excluding carboxylic acids is 1. The summed E-state index contributed by atoms with van der Waals surface area (Å²) in [5.41, 5.74) is 2.54. The van der Waals surface area contributed by atoms with Crippen LogP contribution in [0.1, 0.15) is 18.9 Å². The van der Waals surface area contributed by atoms with Crippen LogP contribution in [0.4, 0.5) is 8.78 Å². The van der Waals surface area contributed by atoms with Crippen LogP contribution in [-0.2, 0) is 4.79 Å². The molecule has 118 valence electrons. The summed E-state index contributed by atoms with van der Waals surface area (Å²) >= 11 is 3.21. The van der Waals surface area contributed by atoms with E-state index in [0.717, 1.165) is 0 Å². The number of piperidine rings is 1. The van der Waals surface area contributed by atoms with Crippen LogP contribution in [0.2, 0.25) is 0 Å². The van der Waals surface area contributed by atoms with E-state index in [1.807, 2.05) is 6.07 Å². The van der Waals surface area contributed by atoms with Gasteiger partial charge in [-0.3, -0.25) is 10.2 Å². The predicted molar refractivity (Wildman–Crippen MR) is 78.2 cm³/mol. The maximum Gasteiger partial charge on any atom is 0.298 e. The van der Waals surface area contributed by atoms with Crippen LogP contribution >= 0.6 is 15.9 Å². The van der Waals surface area contributed by atoms with Gasteiger partial charge in [0.05, 0.1) is 12.1 Å². The molecule has 1 fully saturated rings. The van der Waals surface area contributed by atoms with Crippen LogP contribution in [0, 0.1) is 11.3 Å². The smallest absolute Gasteiger partial charge is 0.298 e. The van der Waals surface area contributed by atoms with E-state index < -0.39 is 24.5 Å². The number of nitrogens with one attached hydrogen (secondary N) is 1. The SMILES string of the molecule is CC(=O)NN1CC[C@H](Oc2ccc(Br)cc2C#N)C(F)(F)C1. The largest absolute Gasteiger partial charge is 0.483 e. The highest BCUT2D eigenvalue weighted by atomic mass is 79.9. The van der Waals surface area contributed by atoms with Crippen LogP contribution in [0.5, 0.6) is 5.75 Å². The minimum absolute atomic E-state index is 0.0359. The number of hydrogen-bond donors (Lipinski definition) is 1. The Hall–Kier alpha value is -1.72. The van der Waals surface area contributed by atoms with Crippen LogP contribution < -0.4 is 10.2 Å². The summed E-state index contributed by atoms with van der Waals surface area (Å²) in [7, 11) is 0. The Labute approximate surface area is 134 Å². The number of nitriles is 1. The molecule has 0 aliphatic carbocycles. The second-order valence-corrected chi connectivity index (χ2v) is 5.91. The Morgan fingerprint density at radius 3 is 2.91 bits per heavy atom. The lowest BCUT2D eigenvalue weighted by atomic mass is 10.0. The Kier molecular flexibility index (Phi) is 4.98. The monoisotopic (exact) mass is 373 g/mol. The first kappa shape index (κ1) is 16.6. The molecule has 22 heavy (non-hydrogen) atoms. The van der Waals surface area contributed by atoms with Crippen molar-refractivity contribution in [1.29, 1.82) is 5.26 Å². The van der Waals surface area contributed by atoms with E-state index in [-0.39, 0.29) is 24.3 Å². The van der Waals surface area contributed by atoms with Crippen molar-refractivity contribution in [2.75, 3.05) is 13.1 Å². The molecule has 0 aromatic heterocycles. The van der Waals surface area contributed by atoms with Gasteiger partial charge in [0.1, 0.15) is 11.8 Å². The van der Waals surface area contributed by atoms with Gasteiger partial charge in [0, 0.05) is 24.4 Å². The fourth-order valence-corrected chi connectivity index (χ4v) is 2.59. The topological polar surface area (TPSA) is 65.4 Å². The van der Waals surface area contributed by atoms with Gasteiger partial charge in [0.15, 0.2) is 6.10 Å². The molecule has 0 unspecified atom stereocenters. The van der Waals surface area contributed by atoms with Crippen LogP contribution in [0.25, 0.3) is 0 Å². The van der Waals surface area contributed by atoms with Crippen molar-refractivity contribution < 1.29 is 18.3 Å². The molecule has 1 heterocycles. The van der Waals surface area contributed by atoms with Gasteiger partial charge in [-0.15, -0.1) is 0 Å². The standard InChI is InChI=1S/C14H14BrF2N3O2/c1-9(21)19-20-5-4-13(14(16,17)8-20)22-12-3-2-11(15)6-10(12)7-18/h2-3,6,13H,4-5,8H2,1H3,(H,19,21)/t13-/m0/s1. The number of hydrazine groups is 1. The number of ether oxygens (including phenoxy) is 1. The molecule has 5 nitrogen and oxygen atoms in total. The molecule has 2 rings (SSSR count). The number of halogens is 3. The molecular formula is C14H14BrF2N3O2. The summed E-state index contributed by atoms with van der Waals surface area (Å²) in [6, 6.07) is 6.55. The highest BCUT2D eigenvalue weighted by Crippen LogP contribution is 2.32. The second-order valence-electron chi connectivity index (χ2n) is 5.00. The molecule has 1 N–H and O–H groups in total.